The second kappa shape index (κ2) is 10.1. The number of nitrogens with one attached hydrogen (secondary N) is 1. The number of oxime groups is 1. The standard InChI is InChI=1S/C22H30N2O4/c1-5-6-7-8-13-27-19(25)15-23-17-11-9-16(10-12-17)14-18-20(22(2,3)4)24-28-21(18)26/h9-12,14,23H,5-8,13,15H2,1-4H3. The molecule has 0 unspecified atom stereocenters. The molecule has 1 aromatic rings. The fourth-order valence-electron chi connectivity index (χ4n) is 2.75. The van der Waals surface area contributed by atoms with Crippen molar-refractivity contribution in [3.63, 3.8) is 0 Å². The van der Waals surface area contributed by atoms with Crippen LogP contribution in [0.3, 0.4) is 0 Å². The van der Waals surface area contributed by atoms with E-state index in [1.807, 2.05) is 45.0 Å². The molecule has 6 nitrogen and oxygen atoms in total. The highest BCUT2D eigenvalue weighted by molar-refractivity contribution is 6.26. The Kier molecular flexibility index (Phi) is 7.79. The van der Waals surface area contributed by atoms with Crippen LogP contribution in [0, 0.1) is 5.41 Å². The molecule has 28 heavy (non-hydrogen) atoms. The van der Waals surface area contributed by atoms with Gasteiger partial charge < -0.3 is 14.9 Å². The van der Waals surface area contributed by atoms with Gasteiger partial charge in [-0.15, -0.1) is 0 Å². The van der Waals surface area contributed by atoms with Crippen LogP contribution in [-0.2, 0) is 19.2 Å². The van der Waals surface area contributed by atoms with Crippen molar-refractivity contribution in [1.82, 2.24) is 0 Å². The van der Waals surface area contributed by atoms with Crippen LogP contribution in [0.15, 0.2) is 35.0 Å². The first-order valence-electron chi connectivity index (χ1n) is 9.82. The lowest BCUT2D eigenvalue weighted by Gasteiger charge is -2.16. The number of hydrogen-bond acceptors (Lipinski definition) is 6. The Hall–Kier alpha value is -2.63. The Morgan fingerprint density at radius 3 is 2.54 bits per heavy atom. The van der Waals surface area contributed by atoms with E-state index < -0.39 is 5.97 Å². The molecule has 1 aliphatic rings. The van der Waals surface area contributed by atoms with E-state index in [0.29, 0.717) is 17.9 Å². The van der Waals surface area contributed by atoms with Crippen molar-refractivity contribution in [2.24, 2.45) is 10.6 Å². The lowest BCUT2D eigenvalue weighted by atomic mass is 9.85. The monoisotopic (exact) mass is 386 g/mol. The number of benzene rings is 1. The van der Waals surface area contributed by atoms with E-state index in [4.69, 9.17) is 9.57 Å². The number of anilines is 1. The number of ether oxygens (including phenoxy) is 1. The third-order valence-electron chi connectivity index (χ3n) is 4.32. The second-order valence-electron chi connectivity index (χ2n) is 7.88. The van der Waals surface area contributed by atoms with E-state index in [2.05, 4.69) is 17.4 Å². The third-order valence-corrected chi connectivity index (χ3v) is 4.32. The zero-order valence-corrected chi connectivity index (χ0v) is 17.2. The first-order valence-corrected chi connectivity index (χ1v) is 9.82. The van der Waals surface area contributed by atoms with Gasteiger partial charge >= 0.3 is 11.9 Å². The predicted molar refractivity (Wildman–Crippen MR) is 111 cm³/mol. The number of unbranched alkanes of at least 4 members (excludes halogenated alkanes) is 3. The van der Waals surface area contributed by atoms with Crippen molar-refractivity contribution in [2.45, 2.75) is 53.4 Å². The summed E-state index contributed by atoms with van der Waals surface area (Å²) >= 11 is 0. The van der Waals surface area contributed by atoms with Crippen LogP contribution < -0.4 is 5.32 Å². The highest BCUT2D eigenvalue weighted by Gasteiger charge is 2.33. The lowest BCUT2D eigenvalue weighted by Crippen LogP contribution is -2.21. The maximum absolute atomic E-state index is 12.0. The van der Waals surface area contributed by atoms with Crippen molar-refractivity contribution in [3.05, 3.63) is 35.4 Å². The van der Waals surface area contributed by atoms with Crippen LogP contribution in [0.1, 0.15) is 58.9 Å². The molecule has 0 atom stereocenters. The average Bonchev–Trinajstić information content (AvgIpc) is 3.02. The smallest absolute Gasteiger partial charge is 0.367 e. The van der Waals surface area contributed by atoms with Gasteiger partial charge in [-0.2, -0.15) is 0 Å². The molecule has 0 spiro atoms. The summed E-state index contributed by atoms with van der Waals surface area (Å²) in [6, 6.07) is 7.46. The Morgan fingerprint density at radius 1 is 1.18 bits per heavy atom. The van der Waals surface area contributed by atoms with E-state index >= 15 is 0 Å². The minimum absolute atomic E-state index is 0.126. The molecule has 0 amide bonds. The quantitative estimate of drug-likeness (QED) is 0.291. The molecule has 0 aliphatic carbocycles. The molecule has 0 radical (unpaired) electrons. The van der Waals surface area contributed by atoms with Crippen LogP contribution in [0.5, 0.6) is 0 Å². The Labute approximate surface area is 167 Å². The lowest BCUT2D eigenvalue weighted by molar-refractivity contribution is -0.141. The summed E-state index contributed by atoms with van der Waals surface area (Å²) in [4.78, 5) is 28.5. The van der Waals surface area contributed by atoms with Gasteiger partial charge in [0, 0.05) is 11.1 Å². The molecule has 0 saturated heterocycles. The number of rotatable bonds is 9. The Morgan fingerprint density at radius 2 is 1.89 bits per heavy atom. The van der Waals surface area contributed by atoms with Gasteiger partial charge in [0.1, 0.15) is 12.3 Å². The van der Waals surface area contributed by atoms with Gasteiger partial charge in [-0.3, -0.25) is 4.79 Å². The summed E-state index contributed by atoms with van der Waals surface area (Å²) in [5.41, 5.74) is 2.50. The second-order valence-corrected chi connectivity index (χ2v) is 7.88. The fourth-order valence-corrected chi connectivity index (χ4v) is 2.75. The van der Waals surface area contributed by atoms with Crippen molar-refractivity contribution < 1.29 is 19.2 Å². The van der Waals surface area contributed by atoms with Crippen LogP contribution in [-0.4, -0.2) is 30.8 Å². The number of carbonyl (C=O) groups is 2. The van der Waals surface area contributed by atoms with E-state index in [9.17, 15) is 9.59 Å². The van der Waals surface area contributed by atoms with Gasteiger partial charge in [0.05, 0.1) is 12.2 Å². The van der Waals surface area contributed by atoms with Crippen molar-refractivity contribution in [1.29, 1.82) is 0 Å². The topological polar surface area (TPSA) is 77.0 Å². The highest BCUT2D eigenvalue weighted by atomic mass is 16.7. The third kappa shape index (κ3) is 6.51. The van der Waals surface area contributed by atoms with E-state index in [1.54, 1.807) is 6.08 Å². The highest BCUT2D eigenvalue weighted by Crippen LogP contribution is 2.28. The van der Waals surface area contributed by atoms with E-state index in [0.717, 1.165) is 30.5 Å². The van der Waals surface area contributed by atoms with E-state index in [-0.39, 0.29) is 17.9 Å². The molecule has 1 aromatic carbocycles. The van der Waals surface area contributed by atoms with Gasteiger partial charge in [0.15, 0.2) is 0 Å². The molecule has 0 aromatic heterocycles. The zero-order valence-electron chi connectivity index (χ0n) is 17.2. The molecule has 6 heteroatoms. The molecular formula is C22H30N2O4. The Balaban J connectivity index is 1.87. The maximum Gasteiger partial charge on any atom is 0.367 e. The van der Waals surface area contributed by atoms with Crippen LogP contribution in [0.25, 0.3) is 6.08 Å². The molecule has 0 fully saturated rings. The summed E-state index contributed by atoms with van der Waals surface area (Å²) < 4.78 is 5.20. The van der Waals surface area contributed by atoms with Gasteiger partial charge in [-0.1, -0.05) is 64.2 Å². The summed E-state index contributed by atoms with van der Waals surface area (Å²) in [5, 5.41) is 6.96. The summed E-state index contributed by atoms with van der Waals surface area (Å²) in [7, 11) is 0. The van der Waals surface area contributed by atoms with Crippen LogP contribution >= 0.6 is 0 Å². The largest absolute Gasteiger partial charge is 0.464 e. The minimum Gasteiger partial charge on any atom is -0.464 e. The van der Waals surface area contributed by atoms with Gasteiger partial charge in [0.2, 0.25) is 0 Å². The van der Waals surface area contributed by atoms with Crippen molar-refractivity contribution >= 4 is 29.4 Å². The number of nitrogens with zero attached hydrogens (tertiary/aromatic N) is 1. The molecule has 1 heterocycles. The van der Waals surface area contributed by atoms with Crippen LogP contribution in [0.4, 0.5) is 5.69 Å². The fraction of sp³-hybridized carbons (Fsp3) is 0.500. The number of hydrogen-bond donors (Lipinski definition) is 1. The predicted octanol–water partition coefficient (Wildman–Crippen LogP) is 4.56. The van der Waals surface area contributed by atoms with Gasteiger partial charge in [-0.25, -0.2) is 4.79 Å². The molecule has 1 aliphatic heterocycles. The van der Waals surface area contributed by atoms with E-state index in [1.165, 1.54) is 6.42 Å². The normalized spacial score (nSPS) is 15.4. The molecule has 152 valence electrons. The number of carbonyl (C=O) groups excluding carboxylic acids is 2. The molecule has 0 bridgehead atoms. The summed E-state index contributed by atoms with van der Waals surface area (Å²) in [5.74, 6) is -0.698. The van der Waals surface area contributed by atoms with Gasteiger partial charge in [0.25, 0.3) is 0 Å². The summed E-state index contributed by atoms with van der Waals surface area (Å²) in [6.45, 7) is 8.70. The molecule has 0 saturated carbocycles. The first kappa shape index (κ1) is 21.7. The van der Waals surface area contributed by atoms with Crippen molar-refractivity contribution in [3.8, 4) is 0 Å². The molecule has 2 rings (SSSR count). The number of esters is 1. The summed E-state index contributed by atoms with van der Waals surface area (Å²) in [6.07, 6.45) is 6.09. The molecule has 1 N–H and O–H groups in total. The first-order chi connectivity index (χ1) is 13.3. The maximum atomic E-state index is 12.0. The minimum atomic E-state index is -0.436. The SMILES string of the molecule is CCCCCCOC(=O)CNc1ccc(C=C2C(=O)ON=C2C(C)(C)C)cc1. The average molecular weight is 386 g/mol. The zero-order chi connectivity index (χ0) is 20.6. The molecular weight excluding hydrogens is 356 g/mol. The van der Waals surface area contributed by atoms with Crippen LogP contribution in [0.2, 0.25) is 0 Å². The van der Waals surface area contributed by atoms with Gasteiger partial charge in [-0.05, 0) is 30.2 Å². The van der Waals surface area contributed by atoms with Crippen molar-refractivity contribution in [2.75, 3.05) is 18.5 Å². The Bertz CT molecular complexity index is 743.